The van der Waals surface area contributed by atoms with Crippen LogP contribution in [0.1, 0.15) is 17.3 Å². The van der Waals surface area contributed by atoms with Crippen molar-refractivity contribution < 1.29 is 17.9 Å². The summed E-state index contributed by atoms with van der Waals surface area (Å²) >= 11 is 5.95. The molecule has 0 aromatic heterocycles. The maximum atomic E-state index is 12.3. The third-order valence-electron chi connectivity index (χ3n) is 2.94. The number of rotatable bonds is 6. The summed E-state index contributed by atoms with van der Waals surface area (Å²) in [4.78, 5) is 12.3. The summed E-state index contributed by atoms with van der Waals surface area (Å²) in [6.07, 6.45) is 1.06. The number of anilines is 2. The summed E-state index contributed by atoms with van der Waals surface area (Å²) in [5.41, 5.74) is 1.33. The molecular formula is C16H17ClN2O4S. The van der Waals surface area contributed by atoms with Crippen LogP contribution in [0.25, 0.3) is 0 Å². The van der Waals surface area contributed by atoms with Crippen LogP contribution in [0.15, 0.2) is 42.5 Å². The van der Waals surface area contributed by atoms with Crippen molar-refractivity contribution in [1.29, 1.82) is 0 Å². The first kappa shape index (κ1) is 18.1. The number of esters is 1. The number of ether oxygens (including phenoxy) is 1. The van der Waals surface area contributed by atoms with E-state index < -0.39 is 16.0 Å². The summed E-state index contributed by atoms with van der Waals surface area (Å²) in [6.45, 7) is 2.56. The average molecular weight is 369 g/mol. The Bertz CT molecular complexity index is 836. The molecule has 0 unspecified atom stereocenters. The van der Waals surface area contributed by atoms with Crippen LogP contribution < -0.4 is 14.8 Å². The fourth-order valence-electron chi connectivity index (χ4n) is 2.00. The minimum atomic E-state index is -3.35. The van der Waals surface area contributed by atoms with Gasteiger partial charge in [-0.15, -0.1) is 0 Å². The van der Waals surface area contributed by atoms with E-state index in [0.717, 1.165) is 6.26 Å². The van der Waals surface area contributed by atoms with E-state index in [1.54, 1.807) is 12.1 Å². The van der Waals surface area contributed by atoms with E-state index in [9.17, 15) is 13.2 Å². The van der Waals surface area contributed by atoms with Crippen molar-refractivity contribution in [2.75, 3.05) is 22.8 Å². The van der Waals surface area contributed by atoms with Crippen molar-refractivity contribution in [2.24, 2.45) is 0 Å². The van der Waals surface area contributed by atoms with E-state index in [-0.39, 0.29) is 0 Å². The molecule has 0 aliphatic carbocycles. The molecule has 0 aliphatic rings. The predicted octanol–water partition coefficient (Wildman–Crippen LogP) is 3.36. The number of carbonyl (C=O) groups is 1. The second-order valence-corrected chi connectivity index (χ2v) is 7.19. The molecule has 24 heavy (non-hydrogen) atoms. The second kappa shape index (κ2) is 7.55. The topological polar surface area (TPSA) is 84.5 Å². The molecule has 2 aromatic rings. The van der Waals surface area contributed by atoms with Crippen LogP contribution >= 0.6 is 11.6 Å². The molecule has 0 radical (unpaired) electrons. The number of benzene rings is 2. The standard InChI is InChI=1S/C16H17ClN2O4S/c1-3-18-15-9-4-11(17)10-14(15)16(20)23-13-7-5-12(6-8-13)19-24(2,21)22/h4-10,18-19H,3H2,1-2H3. The van der Waals surface area contributed by atoms with Gasteiger partial charge in [-0.3, -0.25) is 4.72 Å². The van der Waals surface area contributed by atoms with Crippen molar-refractivity contribution in [3.8, 4) is 5.75 Å². The lowest BCUT2D eigenvalue weighted by Crippen LogP contribution is -2.12. The molecule has 0 heterocycles. The number of nitrogens with one attached hydrogen (secondary N) is 2. The van der Waals surface area contributed by atoms with Crippen LogP contribution in [0, 0.1) is 0 Å². The minimum Gasteiger partial charge on any atom is -0.423 e. The fraction of sp³-hybridized carbons (Fsp3) is 0.188. The molecule has 0 atom stereocenters. The van der Waals surface area contributed by atoms with E-state index in [0.29, 0.717) is 34.3 Å². The molecule has 0 saturated heterocycles. The Labute approximate surface area is 145 Å². The second-order valence-electron chi connectivity index (χ2n) is 5.01. The van der Waals surface area contributed by atoms with E-state index in [2.05, 4.69) is 10.0 Å². The molecule has 2 rings (SSSR count). The summed E-state index contributed by atoms with van der Waals surface area (Å²) in [6, 6.07) is 10.9. The highest BCUT2D eigenvalue weighted by Gasteiger charge is 2.14. The maximum absolute atomic E-state index is 12.3. The molecule has 8 heteroatoms. The van der Waals surface area contributed by atoms with Crippen LogP contribution in [0.2, 0.25) is 5.02 Å². The Morgan fingerprint density at radius 2 is 1.83 bits per heavy atom. The number of halogens is 1. The Balaban J connectivity index is 2.16. The van der Waals surface area contributed by atoms with E-state index in [4.69, 9.17) is 16.3 Å². The molecule has 2 aromatic carbocycles. The number of carbonyl (C=O) groups excluding carboxylic acids is 1. The Hall–Kier alpha value is -2.25. The zero-order valence-electron chi connectivity index (χ0n) is 13.2. The monoisotopic (exact) mass is 368 g/mol. The van der Waals surface area contributed by atoms with Gasteiger partial charge in [-0.2, -0.15) is 0 Å². The van der Waals surface area contributed by atoms with Crippen LogP contribution in [0.5, 0.6) is 5.75 Å². The maximum Gasteiger partial charge on any atom is 0.345 e. The van der Waals surface area contributed by atoms with Gasteiger partial charge in [-0.25, -0.2) is 13.2 Å². The van der Waals surface area contributed by atoms with E-state index in [1.807, 2.05) is 6.92 Å². The van der Waals surface area contributed by atoms with Gasteiger partial charge in [-0.05, 0) is 49.4 Å². The highest BCUT2D eigenvalue weighted by molar-refractivity contribution is 7.92. The normalized spacial score (nSPS) is 11.0. The van der Waals surface area contributed by atoms with Gasteiger partial charge < -0.3 is 10.1 Å². The van der Waals surface area contributed by atoms with Crippen molar-refractivity contribution in [3.63, 3.8) is 0 Å². The molecule has 0 bridgehead atoms. The van der Waals surface area contributed by atoms with Crippen molar-refractivity contribution >= 4 is 39.0 Å². The SMILES string of the molecule is CCNc1ccc(Cl)cc1C(=O)Oc1ccc(NS(C)(=O)=O)cc1. The van der Waals surface area contributed by atoms with Crippen LogP contribution in [-0.2, 0) is 10.0 Å². The molecular weight excluding hydrogens is 352 g/mol. The lowest BCUT2D eigenvalue weighted by atomic mass is 10.1. The molecule has 0 amide bonds. The Morgan fingerprint density at radius 3 is 2.42 bits per heavy atom. The zero-order chi connectivity index (χ0) is 17.7. The smallest absolute Gasteiger partial charge is 0.345 e. The molecule has 6 nitrogen and oxygen atoms in total. The van der Waals surface area contributed by atoms with Crippen molar-refractivity contribution in [1.82, 2.24) is 0 Å². The lowest BCUT2D eigenvalue weighted by molar-refractivity contribution is 0.0735. The zero-order valence-corrected chi connectivity index (χ0v) is 14.7. The lowest BCUT2D eigenvalue weighted by Gasteiger charge is -2.11. The van der Waals surface area contributed by atoms with Gasteiger partial charge in [0.1, 0.15) is 5.75 Å². The summed E-state index contributed by atoms with van der Waals surface area (Å²) in [5.74, 6) is -0.265. The summed E-state index contributed by atoms with van der Waals surface area (Å²) in [7, 11) is -3.35. The largest absolute Gasteiger partial charge is 0.423 e. The molecule has 0 aliphatic heterocycles. The van der Waals surface area contributed by atoms with Crippen LogP contribution in [-0.4, -0.2) is 27.2 Å². The average Bonchev–Trinajstić information content (AvgIpc) is 2.50. The number of hydrogen-bond donors (Lipinski definition) is 2. The van der Waals surface area contributed by atoms with E-state index in [1.165, 1.54) is 30.3 Å². The van der Waals surface area contributed by atoms with Crippen molar-refractivity contribution in [2.45, 2.75) is 6.92 Å². The van der Waals surface area contributed by atoms with Crippen LogP contribution in [0.3, 0.4) is 0 Å². The first-order chi connectivity index (χ1) is 11.3. The summed E-state index contributed by atoms with van der Waals surface area (Å²) in [5, 5.41) is 3.50. The first-order valence-electron chi connectivity index (χ1n) is 7.12. The molecule has 0 saturated carbocycles. The fourth-order valence-corrected chi connectivity index (χ4v) is 2.73. The van der Waals surface area contributed by atoms with Gasteiger partial charge in [0.15, 0.2) is 0 Å². The molecule has 2 N–H and O–H groups in total. The van der Waals surface area contributed by atoms with Crippen LogP contribution in [0.4, 0.5) is 11.4 Å². The molecule has 128 valence electrons. The van der Waals surface area contributed by atoms with Crippen molar-refractivity contribution in [3.05, 3.63) is 53.1 Å². The first-order valence-corrected chi connectivity index (χ1v) is 9.39. The number of sulfonamides is 1. The predicted molar refractivity (Wildman–Crippen MR) is 95.5 cm³/mol. The highest BCUT2D eigenvalue weighted by Crippen LogP contribution is 2.23. The highest BCUT2D eigenvalue weighted by atomic mass is 35.5. The molecule has 0 spiro atoms. The van der Waals surface area contributed by atoms with E-state index >= 15 is 0 Å². The van der Waals surface area contributed by atoms with Gasteiger partial charge >= 0.3 is 5.97 Å². The Kier molecular flexibility index (Phi) is 5.69. The number of hydrogen-bond acceptors (Lipinski definition) is 5. The van der Waals surface area contributed by atoms with Gasteiger partial charge in [0, 0.05) is 22.9 Å². The summed E-state index contributed by atoms with van der Waals surface area (Å²) < 4.78 is 30.0. The Morgan fingerprint density at radius 1 is 1.17 bits per heavy atom. The quantitative estimate of drug-likeness (QED) is 0.603. The van der Waals surface area contributed by atoms with Gasteiger partial charge in [-0.1, -0.05) is 11.6 Å². The third kappa shape index (κ3) is 5.14. The molecule has 0 fully saturated rings. The van der Waals surface area contributed by atoms with Gasteiger partial charge in [0.05, 0.1) is 11.8 Å². The minimum absolute atomic E-state index is 0.293. The van der Waals surface area contributed by atoms with Gasteiger partial charge in [0.25, 0.3) is 0 Å². The third-order valence-corrected chi connectivity index (χ3v) is 3.78. The van der Waals surface area contributed by atoms with Gasteiger partial charge in [0.2, 0.25) is 10.0 Å².